The molecule has 0 heterocycles. The van der Waals surface area contributed by atoms with Crippen LogP contribution in [0.15, 0.2) is 24.3 Å². The molecule has 1 saturated carbocycles. The average molecular weight is 276 g/mol. The predicted molar refractivity (Wildman–Crippen MR) is 82.5 cm³/mol. The van der Waals surface area contributed by atoms with Crippen LogP contribution < -0.4 is 10.6 Å². The van der Waals surface area contributed by atoms with Crippen molar-refractivity contribution in [1.29, 1.82) is 0 Å². The Balaban J connectivity index is 1.93. The molecular weight excluding hydrogens is 256 g/mol. The van der Waals surface area contributed by atoms with Gasteiger partial charge in [0.15, 0.2) is 4.99 Å². The third-order valence-corrected chi connectivity index (χ3v) is 3.76. The predicted octanol–water partition coefficient (Wildman–Crippen LogP) is 3.22. The molecule has 1 aromatic carbocycles. The molecule has 0 unspecified atom stereocenters. The van der Waals surface area contributed by atoms with Gasteiger partial charge in [-0.05, 0) is 42.9 Å². The fourth-order valence-electron chi connectivity index (χ4n) is 1.97. The smallest absolute Gasteiger partial charge is 0.283 e. The summed E-state index contributed by atoms with van der Waals surface area (Å²) >= 11 is 5.11. The lowest BCUT2D eigenvalue weighted by Gasteiger charge is -2.27. The highest BCUT2D eigenvalue weighted by Gasteiger charge is 2.20. The molecule has 2 N–H and O–H groups in total. The summed E-state index contributed by atoms with van der Waals surface area (Å²) in [5, 5.41) is 5.94. The first kappa shape index (κ1) is 14.0. The number of rotatable bonds is 3. The number of hydrogen-bond acceptors (Lipinski definition) is 2. The molecule has 0 spiro atoms. The SMILES string of the molecule is CC(C)c1cccc(NC(=O)C(=S)NC2CCC2)c1. The lowest BCUT2D eigenvalue weighted by molar-refractivity contribution is -0.110. The minimum Gasteiger partial charge on any atom is -0.369 e. The molecule has 102 valence electrons. The molecule has 0 radical (unpaired) electrons. The molecule has 1 aliphatic carbocycles. The Morgan fingerprint density at radius 1 is 1.37 bits per heavy atom. The number of carbonyl (C=O) groups excluding carboxylic acids is 1. The van der Waals surface area contributed by atoms with Crippen LogP contribution in [0.1, 0.15) is 44.6 Å². The molecule has 2 rings (SSSR count). The Morgan fingerprint density at radius 2 is 2.11 bits per heavy atom. The van der Waals surface area contributed by atoms with Crippen LogP contribution in [0.25, 0.3) is 0 Å². The van der Waals surface area contributed by atoms with Crippen molar-refractivity contribution in [2.24, 2.45) is 0 Å². The second kappa shape index (κ2) is 6.15. The number of anilines is 1. The van der Waals surface area contributed by atoms with Gasteiger partial charge in [-0.1, -0.05) is 38.2 Å². The van der Waals surface area contributed by atoms with Crippen molar-refractivity contribution in [3.8, 4) is 0 Å². The minimum atomic E-state index is -0.220. The maximum absolute atomic E-state index is 12.0. The highest BCUT2D eigenvalue weighted by atomic mass is 32.1. The standard InChI is InChI=1S/C15H20N2OS/c1-10(2)11-5-3-8-13(9-11)16-14(18)15(19)17-12-6-4-7-12/h3,5,8-10,12H,4,6-7H2,1-2H3,(H,16,18)(H,17,19). The topological polar surface area (TPSA) is 41.1 Å². The lowest BCUT2D eigenvalue weighted by Crippen LogP contribution is -2.43. The van der Waals surface area contributed by atoms with Crippen molar-refractivity contribution in [2.75, 3.05) is 5.32 Å². The van der Waals surface area contributed by atoms with Crippen LogP contribution >= 0.6 is 12.2 Å². The van der Waals surface area contributed by atoms with Crippen molar-refractivity contribution in [3.63, 3.8) is 0 Å². The van der Waals surface area contributed by atoms with Gasteiger partial charge in [0.25, 0.3) is 5.91 Å². The second-order valence-electron chi connectivity index (χ2n) is 5.34. The highest BCUT2D eigenvalue weighted by Crippen LogP contribution is 2.19. The van der Waals surface area contributed by atoms with Crippen molar-refractivity contribution in [1.82, 2.24) is 5.32 Å². The second-order valence-corrected chi connectivity index (χ2v) is 5.74. The zero-order valence-electron chi connectivity index (χ0n) is 11.4. The number of benzene rings is 1. The first-order chi connectivity index (χ1) is 9.06. The third kappa shape index (κ3) is 3.77. The molecule has 0 atom stereocenters. The van der Waals surface area contributed by atoms with Gasteiger partial charge in [-0.3, -0.25) is 4.79 Å². The molecule has 1 amide bonds. The van der Waals surface area contributed by atoms with Gasteiger partial charge >= 0.3 is 0 Å². The number of thiocarbonyl (C=S) groups is 1. The minimum absolute atomic E-state index is 0.220. The zero-order valence-corrected chi connectivity index (χ0v) is 12.2. The van der Waals surface area contributed by atoms with E-state index in [1.165, 1.54) is 12.0 Å². The van der Waals surface area contributed by atoms with Gasteiger partial charge in [0.05, 0.1) is 0 Å². The average Bonchev–Trinajstić information content (AvgIpc) is 2.33. The Morgan fingerprint density at radius 3 is 2.68 bits per heavy atom. The summed E-state index contributed by atoms with van der Waals surface area (Å²) in [6.07, 6.45) is 3.44. The quantitative estimate of drug-likeness (QED) is 0.833. The molecule has 1 fully saturated rings. The fraction of sp³-hybridized carbons (Fsp3) is 0.467. The van der Waals surface area contributed by atoms with Gasteiger partial charge in [-0.15, -0.1) is 0 Å². The van der Waals surface area contributed by atoms with E-state index in [-0.39, 0.29) is 5.91 Å². The molecule has 0 bridgehead atoms. The normalized spacial score (nSPS) is 14.9. The Bertz CT molecular complexity index is 481. The van der Waals surface area contributed by atoms with Crippen LogP contribution in [0.5, 0.6) is 0 Å². The van der Waals surface area contributed by atoms with Crippen LogP contribution in [0.4, 0.5) is 5.69 Å². The van der Waals surface area contributed by atoms with E-state index in [9.17, 15) is 4.79 Å². The van der Waals surface area contributed by atoms with Gasteiger partial charge in [0, 0.05) is 11.7 Å². The van der Waals surface area contributed by atoms with Crippen LogP contribution in [0.2, 0.25) is 0 Å². The maximum Gasteiger partial charge on any atom is 0.283 e. The number of nitrogens with one attached hydrogen (secondary N) is 2. The van der Waals surface area contributed by atoms with Crippen LogP contribution in [-0.4, -0.2) is 16.9 Å². The van der Waals surface area contributed by atoms with E-state index in [4.69, 9.17) is 12.2 Å². The zero-order chi connectivity index (χ0) is 13.8. The Kier molecular flexibility index (Phi) is 4.53. The summed E-state index contributed by atoms with van der Waals surface area (Å²) < 4.78 is 0. The van der Waals surface area contributed by atoms with Gasteiger partial charge in [0.2, 0.25) is 0 Å². The number of amides is 1. The highest BCUT2D eigenvalue weighted by molar-refractivity contribution is 7.82. The van der Waals surface area contributed by atoms with Gasteiger partial charge < -0.3 is 10.6 Å². The van der Waals surface area contributed by atoms with Crippen molar-refractivity contribution in [3.05, 3.63) is 29.8 Å². The number of hydrogen-bond donors (Lipinski definition) is 2. The van der Waals surface area contributed by atoms with Crippen LogP contribution in [0.3, 0.4) is 0 Å². The summed E-state index contributed by atoms with van der Waals surface area (Å²) in [7, 11) is 0. The number of carbonyl (C=O) groups is 1. The Hall–Kier alpha value is -1.42. The molecular formula is C15H20N2OS. The molecule has 19 heavy (non-hydrogen) atoms. The lowest BCUT2D eigenvalue weighted by atomic mass is 9.93. The van der Waals surface area contributed by atoms with E-state index in [1.54, 1.807) is 0 Å². The summed E-state index contributed by atoms with van der Waals surface area (Å²) in [5.41, 5.74) is 2.00. The van der Waals surface area contributed by atoms with E-state index >= 15 is 0 Å². The molecule has 1 aromatic rings. The van der Waals surface area contributed by atoms with E-state index in [2.05, 4.69) is 30.5 Å². The summed E-state index contributed by atoms with van der Waals surface area (Å²) in [5.74, 6) is 0.222. The van der Waals surface area contributed by atoms with Gasteiger partial charge in [-0.25, -0.2) is 0 Å². The Labute approximate surface area is 119 Å². The van der Waals surface area contributed by atoms with Gasteiger partial charge in [-0.2, -0.15) is 0 Å². The molecule has 3 nitrogen and oxygen atoms in total. The maximum atomic E-state index is 12.0. The molecule has 0 aliphatic heterocycles. The summed E-state index contributed by atoms with van der Waals surface area (Å²) in [6.45, 7) is 4.26. The van der Waals surface area contributed by atoms with Crippen molar-refractivity contribution >= 4 is 28.8 Å². The van der Waals surface area contributed by atoms with Crippen LogP contribution in [0, 0.1) is 0 Å². The summed E-state index contributed by atoms with van der Waals surface area (Å²) in [4.78, 5) is 12.2. The van der Waals surface area contributed by atoms with Gasteiger partial charge in [0.1, 0.15) is 0 Å². The third-order valence-electron chi connectivity index (χ3n) is 3.46. The first-order valence-electron chi connectivity index (χ1n) is 6.78. The molecule has 1 aliphatic rings. The van der Waals surface area contributed by atoms with E-state index in [1.807, 2.05) is 18.2 Å². The molecule has 0 aromatic heterocycles. The van der Waals surface area contributed by atoms with Crippen molar-refractivity contribution < 1.29 is 4.79 Å². The van der Waals surface area contributed by atoms with Crippen LogP contribution in [-0.2, 0) is 4.79 Å². The summed E-state index contributed by atoms with van der Waals surface area (Å²) in [6, 6.07) is 8.28. The van der Waals surface area contributed by atoms with Crippen molar-refractivity contribution in [2.45, 2.75) is 45.1 Å². The van der Waals surface area contributed by atoms with E-state index in [0.717, 1.165) is 18.5 Å². The van der Waals surface area contributed by atoms with E-state index in [0.29, 0.717) is 16.9 Å². The van der Waals surface area contributed by atoms with E-state index < -0.39 is 0 Å². The first-order valence-corrected chi connectivity index (χ1v) is 7.19. The monoisotopic (exact) mass is 276 g/mol. The largest absolute Gasteiger partial charge is 0.369 e. The molecule has 0 saturated heterocycles. The molecule has 4 heteroatoms. The fourth-order valence-corrected chi connectivity index (χ4v) is 2.18.